The molecular formula is C17H27N5O3S. The minimum absolute atomic E-state index is 0.00296. The highest BCUT2D eigenvalue weighted by Crippen LogP contribution is 2.23. The first kappa shape index (κ1) is 20.2. The topological polar surface area (TPSA) is 108 Å². The maximum absolute atomic E-state index is 12.6. The third-order valence-electron chi connectivity index (χ3n) is 4.12. The zero-order chi connectivity index (χ0) is 19.1. The first-order valence-corrected chi connectivity index (χ1v) is 9.62. The third kappa shape index (κ3) is 6.30. The van der Waals surface area contributed by atoms with Gasteiger partial charge in [-0.2, -0.15) is 0 Å². The van der Waals surface area contributed by atoms with Crippen molar-refractivity contribution in [2.75, 3.05) is 32.7 Å². The molecule has 9 heteroatoms. The summed E-state index contributed by atoms with van der Waals surface area (Å²) in [5, 5.41) is 7.41. The zero-order valence-electron chi connectivity index (χ0n) is 15.2. The van der Waals surface area contributed by atoms with Crippen LogP contribution >= 0.6 is 11.3 Å². The van der Waals surface area contributed by atoms with Gasteiger partial charge in [-0.25, -0.2) is 4.79 Å². The van der Waals surface area contributed by atoms with Crippen LogP contribution in [-0.4, -0.2) is 66.4 Å². The van der Waals surface area contributed by atoms with Gasteiger partial charge in [0.25, 0.3) is 0 Å². The molecule has 26 heavy (non-hydrogen) atoms. The van der Waals surface area contributed by atoms with Crippen LogP contribution in [-0.2, 0) is 9.59 Å². The predicted octanol–water partition coefficient (Wildman–Crippen LogP) is 0.516. The zero-order valence-corrected chi connectivity index (χ0v) is 16.1. The van der Waals surface area contributed by atoms with Crippen molar-refractivity contribution < 1.29 is 14.4 Å². The van der Waals surface area contributed by atoms with E-state index in [4.69, 9.17) is 5.73 Å². The first-order chi connectivity index (χ1) is 12.3. The second-order valence-electron chi connectivity index (χ2n) is 6.66. The Labute approximate surface area is 157 Å². The van der Waals surface area contributed by atoms with E-state index in [0.29, 0.717) is 32.7 Å². The lowest BCUT2D eigenvalue weighted by molar-refractivity contribution is -0.133. The number of amides is 4. The van der Waals surface area contributed by atoms with Gasteiger partial charge in [0.1, 0.15) is 0 Å². The number of piperazine rings is 1. The van der Waals surface area contributed by atoms with Gasteiger partial charge in [-0.3, -0.25) is 14.5 Å². The maximum atomic E-state index is 12.6. The van der Waals surface area contributed by atoms with Crippen molar-refractivity contribution in [1.82, 2.24) is 20.4 Å². The van der Waals surface area contributed by atoms with E-state index >= 15 is 0 Å². The number of carbonyl (C=O) groups excluding carboxylic acids is 3. The minimum atomic E-state index is -0.641. The molecule has 2 rings (SSSR count). The highest BCUT2D eigenvalue weighted by atomic mass is 32.1. The average molecular weight is 382 g/mol. The van der Waals surface area contributed by atoms with Gasteiger partial charge in [-0.1, -0.05) is 6.07 Å². The number of hydrogen-bond donors (Lipinski definition) is 3. The fraction of sp³-hybridized carbons (Fsp3) is 0.588. The third-order valence-corrected chi connectivity index (χ3v) is 5.11. The molecule has 1 saturated heterocycles. The Bertz CT molecular complexity index is 612. The standard InChI is InChI=1S/C17H27N5O3S/c1-12(2)19-15(23)11-21-5-7-22(8-6-21)16(24)10-13(20-17(18)25)14-4-3-9-26-14/h3-4,9,12-13H,5-8,10-11H2,1-2H3,(H,19,23)(H3,18,20,25). The fourth-order valence-electron chi connectivity index (χ4n) is 2.91. The fourth-order valence-corrected chi connectivity index (χ4v) is 3.69. The lowest BCUT2D eigenvalue weighted by Crippen LogP contribution is -2.52. The Kier molecular flexibility index (Phi) is 7.40. The molecule has 0 aliphatic carbocycles. The normalized spacial score (nSPS) is 16.3. The molecule has 1 aromatic rings. The Hall–Kier alpha value is -2.13. The van der Waals surface area contributed by atoms with Crippen LogP contribution in [0.25, 0.3) is 0 Å². The summed E-state index contributed by atoms with van der Waals surface area (Å²) < 4.78 is 0. The van der Waals surface area contributed by atoms with Crippen molar-refractivity contribution in [3.8, 4) is 0 Å². The van der Waals surface area contributed by atoms with Crippen LogP contribution in [0.4, 0.5) is 4.79 Å². The van der Waals surface area contributed by atoms with Crippen molar-refractivity contribution in [3.05, 3.63) is 22.4 Å². The number of urea groups is 1. The number of nitrogens with two attached hydrogens (primary N) is 1. The Morgan fingerprint density at radius 3 is 2.42 bits per heavy atom. The predicted molar refractivity (Wildman–Crippen MR) is 101 cm³/mol. The molecule has 4 amide bonds. The lowest BCUT2D eigenvalue weighted by atomic mass is 10.1. The smallest absolute Gasteiger partial charge is 0.312 e. The molecule has 1 aliphatic heterocycles. The van der Waals surface area contributed by atoms with Gasteiger partial charge in [0.2, 0.25) is 11.8 Å². The van der Waals surface area contributed by atoms with Gasteiger partial charge in [0.05, 0.1) is 19.0 Å². The van der Waals surface area contributed by atoms with Crippen LogP contribution < -0.4 is 16.4 Å². The van der Waals surface area contributed by atoms with E-state index in [9.17, 15) is 14.4 Å². The molecule has 8 nitrogen and oxygen atoms in total. The molecule has 0 bridgehead atoms. The molecule has 0 spiro atoms. The van der Waals surface area contributed by atoms with Gasteiger partial charge >= 0.3 is 6.03 Å². The average Bonchev–Trinajstić information content (AvgIpc) is 3.08. The van der Waals surface area contributed by atoms with E-state index in [1.54, 1.807) is 4.90 Å². The molecule has 1 unspecified atom stereocenters. The Morgan fingerprint density at radius 1 is 1.19 bits per heavy atom. The van der Waals surface area contributed by atoms with Crippen molar-refractivity contribution >= 4 is 29.2 Å². The molecule has 2 heterocycles. The largest absolute Gasteiger partial charge is 0.353 e. The second-order valence-corrected chi connectivity index (χ2v) is 7.64. The molecule has 1 atom stereocenters. The molecule has 1 aromatic heterocycles. The van der Waals surface area contributed by atoms with Crippen LogP contribution in [0.2, 0.25) is 0 Å². The quantitative estimate of drug-likeness (QED) is 0.640. The monoisotopic (exact) mass is 381 g/mol. The number of hydrogen-bond acceptors (Lipinski definition) is 5. The molecule has 4 N–H and O–H groups in total. The van der Waals surface area contributed by atoms with E-state index in [1.165, 1.54) is 11.3 Å². The van der Waals surface area contributed by atoms with Crippen molar-refractivity contribution in [2.45, 2.75) is 32.4 Å². The van der Waals surface area contributed by atoms with Crippen LogP contribution in [0.1, 0.15) is 31.2 Å². The molecular weight excluding hydrogens is 354 g/mol. The highest BCUT2D eigenvalue weighted by Gasteiger charge is 2.26. The van der Waals surface area contributed by atoms with Crippen molar-refractivity contribution in [2.24, 2.45) is 5.73 Å². The van der Waals surface area contributed by atoms with Gasteiger partial charge in [-0.05, 0) is 25.3 Å². The summed E-state index contributed by atoms with van der Waals surface area (Å²) in [5.41, 5.74) is 5.24. The minimum Gasteiger partial charge on any atom is -0.353 e. The number of carbonyl (C=O) groups is 3. The Balaban J connectivity index is 1.83. The van der Waals surface area contributed by atoms with Crippen molar-refractivity contribution in [3.63, 3.8) is 0 Å². The summed E-state index contributed by atoms with van der Waals surface area (Å²) >= 11 is 1.48. The van der Waals surface area contributed by atoms with Gasteiger partial charge < -0.3 is 21.3 Å². The van der Waals surface area contributed by atoms with E-state index in [1.807, 2.05) is 36.3 Å². The van der Waals surface area contributed by atoms with Crippen LogP contribution in [0.3, 0.4) is 0 Å². The SMILES string of the molecule is CC(C)NC(=O)CN1CCN(C(=O)CC(NC(N)=O)c2cccs2)CC1. The first-order valence-electron chi connectivity index (χ1n) is 8.74. The molecule has 0 radical (unpaired) electrons. The number of thiophene rings is 1. The lowest BCUT2D eigenvalue weighted by Gasteiger charge is -2.35. The molecule has 144 valence electrons. The molecule has 0 saturated carbocycles. The number of rotatable bonds is 7. The summed E-state index contributed by atoms with van der Waals surface area (Å²) in [7, 11) is 0. The summed E-state index contributed by atoms with van der Waals surface area (Å²) in [5.74, 6) is -0.0216. The van der Waals surface area contributed by atoms with Gasteiger partial charge in [0, 0.05) is 37.1 Å². The summed E-state index contributed by atoms with van der Waals surface area (Å²) in [6.07, 6.45) is 0.178. The van der Waals surface area contributed by atoms with E-state index in [2.05, 4.69) is 10.6 Å². The number of primary amides is 1. The van der Waals surface area contributed by atoms with E-state index in [-0.39, 0.29) is 24.3 Å². The van der Waals surface area contributed by atoms with Crippen LogP contribution in [0.15, 0.2) is 17.5 Å². The number of nitrogens with zero attached hydrogens (tertiary/aromatic N) is 2. The summed E-state index contributed by atoms with van der Waals surface area (Å²) in [6, 6.07) is 2.83. The van der Waals surface area contributed by atoms with Crippen molar-refractivity contribution in [1.29, 1.82) is 0 Å². The summed E-state index contributed by atoms with van der Waals surface area (Å²) in [4.78, 5) is 40.4. The van der Waals surface area contributed by atoms with E-state index < -0.39 is 12.1 Å². The molecule has 0 aromatic carbocycles. The van der Waals surface area contributed by atoms with Gasteiger partial charge in [0.15, 0.2) is 0 Å². The summed E-state index contributed by atoms with van der Waals surface area (Å²) in [6.45, 7) is 6.66. The highest BCUT2D eigenvalue weighted by molar-refractivity contribution is 7.10. The van der Waals surface area contributed by atoms with E-state index in [0.717, 1.165) is 4.88 Å². The van der Waals surface area contributed by atoms with Gasteiger partial charge in [-0.15, -0.1) is 11.3 Å². The van der Waals surface area contributed by atoms with Crippen LogP contribution in [0, 0.1) is 0 Å². The number of nitrogens with one attached hydrogen (secondary N) is 2. The van der Waals surface area contributed by atoms with Crippen LogP contribution in [0.5, 0.6) is 0 Å². The molecule has 1 aliphatic rings. The second kappa shape index (κ2) is 9.54. The maximum Gasteiger partial charge on any atom is 0.312 e. The Morgan fingerprint density at radius 2 is 1.88 bits per heavy atom. The molecule has 1 fully saturated rings.